The van der Waals surface area contributed by atoms with Gasteiger partial charge in [0.05, 0.1) is 0 Å². The van der Waals surface area contributed by atoms with E-state index >= 15 is 0 Å². The zero-order chi connectivity index (χ0) is 16.2. The molecule has 4 nitrogen and oxygen atoms in total. The Hall–Kier alpha value is -1.55. The average molecular weight is 335 g/mol. The number of piperidine rings is 1. The lowest BCUT2D eigenvalue weighted by atomic mass is 9.95. The first-order valence-corrected chi connectivity index (χ1v) is 8.86. The molecule has 1 aromatic carbocycles. The molecule has 3 rings (SSSR count). The monoisotopic (exact) mass is 334 g/mol. The molecule has 124 valence electrons. The van der Waals surface area contributed by atoms with Gasteiger partial charge < -0.3 is 10.2 Å². The summed E-state index contributed by atoms with van der Waals surface area (Å²) < 4.78 is 0. The Bertz CT molecular complexity index is 559. The van der Waals surface area contributed by atoms with Gasteiger partial charge in [-0.15, -0.1) is 0 Å². The number of halogens is 1. The normalized spacial score (nSPS) is 19.8. The molecule has 1 aromatic rings. The van der Waals surface area contributed by atoms with Crippen LogP contribution in [0.25, 0.3) is 0 Å². The van der Waals surface area contributed by atoms with Crippen molar-refractivity contribution < 1.29 is 9.59 Å². The summed E-state index contributed by atoms with van der Waals surface area (Å²) in [5.74, 6) is 0.247. The molecule has 0 radical (unpaired) electrons. The van der Waals surface area contributed by atoms with Crippen LogP contribution in [0.2, 0.25) is 5.02 Å². The van der Waals surface area contributed by atoms with Gasteiger partial charge in [0.15, 0.2) is 0 Å². The molecule has 5 heteroatoms. The highest BCUT2D eigenvalue weighted by Gasteiger charge is 2.29. The van der Waals surface area contributed by atoms with Crippen molar-refractivity contribution >= 4 is 23.4 Å². The predicted molar refractivity (Wildman–Crippen MR) is 90.5 cm³/mol. The molecule has 2 aliphatic rings. The van der Waals surface area contributed by atoms with E-state index in [0.29, 0.717) is 29.7 Å². The molecule has 0 unspecified atom stereocenters. The van der Waals surface area contributed by atoms with Gasteiger partial charge in [0.25, 0.3) is 5.91 Å². The van der Waals surface area contributed by atoms with Crippen LogP contribution < -0.4 is 5.32 Å². The number of nitrogens with zero attached hydrogens (tertiary/aromatic N) is 1. The van der Waals surface area contributed by atoms with E-state index in [1.165, 1.54) is 12.8 Å². The second-order valence-corrected chi connectivity index (χ2v) is 7.00. The van der Waals surface area contributed by atoms with E-state index in [9.17, 15) is 9.59 Å². The molecule has 1 saturated heterocycles. The van der Waals surface area contributed by atoms with Gasteiger partial charge >= 0.3 is 0 Å². The van der Waals surface area contributed by atoms with Crippen LogP contribution in [0.5, 0.6) is 0 Å². The summed E-state index contributed by atoms with van der Waals surface area (Å²) in [6.45, 7) is 1.29. The third kappa shape index (κ3) is 4.05. The van der Waals surface area contributed by atoms with Crippen molar-refractivity contribution in [2.45, 2.75) is 44.6 Å². The van der Waals surface area contributed by atoms with E-state index in [1.54, 1.807) is 24.3 Å². The molecule has 2 fully saturated rings. The van der Waals surface area contributed by atoms with Crippen molar-refractivity contribution in [1.82, 2.24) is 10.2 Å². The Morgan fingerprint density at radius 1 is 1.00 bits per heavy atom. The van der Waals surface area contributed by atoms with E-state index in [-0.39, 0.29) is 17.7 Å². The average Bonchev–Trinajstić information content (AvgIpc) is 3.08. The highest BCUT2D eigenvalue weighted by molar-refractivity contribution is 6.30. The van der Waals surface area contributed by atoms with Crippen LogP contribution in [0.1, 0.15) is 48.9 Å². The molecule has 0 aromatic heterocycles. The number of likely N-dealkylation sites (tertiary alicyclic amines) is 1. The minimum absolute atomic E-state index is 0.0244. The predicted octanol–water partition coefficient (Wildman–Crippen LogP) is 3.25. The Labute approximate surface area is 142 Å². The second-order valence-electron chi connectivity index (χ2n) is 6.56. The summed E-state index contributed by atoms with van der Waals surface area (Å²) in [6, 6.07) is 7.34. The van der Waals surface area contributed by atoms with Crippen molar-refractivity contribution in [2.75, 3.05) is 13.1 Å². The molecule has 1 heterocycles. The van der Waals surface area contributed by atoms with Crippen LogP contribution in [-0.2, 0) is 4.79 Å². The van der Waals surface area contributed by atoms with Gasteiger partial charge in [-0.25, -0.2) is 0 Å². The second kappa shape index (κ2) is 7.35. The lowest BCUT2D eigenvalue weighted by Gasteiger charge is -2.32. The number of hydrogen-bond acceptors (Lipinski definition) is 2. The van der Waals surface area contributed by atoms with E-state index in [4.69, 9.17) is 11.6 Å². The number of carbonyl (C=O) groups is 2. The zero-order valence-corrected chi connectivity index (χ0v) is 14.0. The van der Waals surface area contributed by atoms with E-state index in [0.717, 1.165) is 25.7 Å². The largest absolute Gasteiger partial charge is 0.353 e. The quantitative estimate of drug-likeness (QED) is 0.922. The summed E-state index contributed by atoms with van der Waals surface area (Å²) in [5.41, 5.74) is 0.656. The van der Waals surface area contributed by atoms with Crippen molar-refractivity contribution in [3.63, 3.8) is 0 Å². The maximum absolute atomic E-state index is 12.4. The van der Waals surface area contributed by atoms with Crippen molar-refractivity contribution in [2.24, 2.45) is 5.92 Å². The third-order valence-electron chi connectivity index (χ3n) is 4.95. The van der Waals surface area contributed by atoms with Crippen LogP contribution >= 0.6 is 11.6 Å². The van der Waals surface area contributed by atoms with Crippen molar-refractivity contribution in [3.05, 3.63) is 34.9 Å². The van der Waals surface area contributed by atoms with E-state index in [2.05, 4.69) is 5.32 Å². The van der Waals surface area contributed by atoms with Gasteiger partial charge in [-0.05, 0) is 49.9 Å². The standard InChI is InChI=1S/C18H23ClN2O2/c19-15-7-5-14(6-8-15)18(23)21-11-9-13(10-12-21)17(22)20-16-3-1-2-4-16/h5-8,13,16H,1-4,9-12H2,(H,20,22). The zero-order valence-electron chi connectivity index (χ0n) is 13.3. The number of amides is 2. The SMILES string of the molecule is O=C(NC1CCCC1)C1CCN(C(=O)c2ccc(Cl)cc2)CC1. The number of benzene rings is 1. The highest BCUT2D eigenvalue weighted by atomic mass is 35.5. The first-order chi connectivity index (χ1) is 11.1. The Kier molecular flexibility index (Phi) is 5.21. The fraction of sp³-hybridized carbons (Fsp3) is 0.556. The fourth-order valence-electron chi connectivity index (χ4n) is 3.51. The molecule has 2 amide bonds. The van der Waals surface area contributed by atoms with Gasteiger partial charge in [-0.2, -0.15) is 0 Å². The Morgan fingerprint density at radius 2 is 1.61 bits per heavy atom. The van der Waals surface area contributed by atoms with E-state index < -0.39 is 0 Å². The molecule has 0 bridgehead atoms. The van der Waals surface area contributed by atoms with Gasteiger partial charge in [-0.1, -0.05) is 24.4 Å². The number of rotatable bonds is 3. The lowest BCUT2D eigenvalue weighted by Crippen LogP contribution is -2.44. The van der Waals surface area contributed by atoms with E-state index in [1.807, 2.05) is 4.90 Å². The minimum Gasteiger partial charge on any atom is -0.353 e. The molecule has 1 aliphatic carbocycles. The maximum atomic E-state index is 12.4. The molecule has 0 spiro atoms. The van der Waals surface area contributed by atoms with Crippen molar-refractivity contribution in [1.29, 1.82) is 0 Å². The van der Waals surface area contributed by atoms with Gasteiger partial charge in [0, 0.05) is 35.6 Å². The summed E-state index contributed by atoms with van der Waals surface area (Å²) in [7, 11) is 0. The number of carbonyl (C=O) groups excluding carboxylic acids is 2. The third-order valence-corrected chi connectivity index (χ3v) is 5.20. The first-order valence-electron chi connectivity index (χ1n) is 8.49. The van der Waals surface area contributed by atoms with Crippen LogP contribution in [0, 0.1) is 5.92 Å². The molecule has 0 atom stereocenters. The molecular formula is C18H23ClN2O2. The summed E-state index contributed by atoms with van der Waals surface area (Å²) in [4.78, 5) is 26.6. The van der Waals surface area contributed by atoms with Crippen LogP contribution in [0.15, 0.2) is 24.3 Å². The van der Waals surface area contributed by atoms with Gasteiger partial charge in [0.2, 0.25) is 5.91 Å². The van der Waals surface area contributed by atoms with Crippen LogP contribution in [-0.4, -0.2) is 35.8 Å². The molecule has 1 N–H and O–H groups in total. The van der Waals surface area contributed by atoms with Gasteiger partial charge in [0.1, 0.15) is 0 Å². The molecular weight excluding hydrogens is 312 g/mol. The van der Waals surface area contributed by atoms with Crippen LogP contribution in [0.4, 0.5) is 0 Å². The number of nitrogens with one attached hydrogen (secondary N) is 1. The highest BCUT2D eigenvalue weighted by Crippen LogP contribution is 2.22. The summed E-state index contributed by atoms with van der Waals surface area (Å²) in [6.07, 6.45) is 6.16. The summed E-state index contributed by atoms with van der Waals surface area (Å²) in [5, 5.41) is 3.80. The van der Waals surface area contributed by atoms with Crippen LogP contribution in [0.3, 0.4) is 0 Å². The first kappa shape index (κ1) is 16.3. The summed E-state index contributed by atoms with van der Waals surface area (Å²) >= 11 is 5.86. The Morgan fingerprint density at radius 3 is 2.22 bits per heavy atom. The number of hydrogen-bond donors (Lipinski definition) is 1. The van der Waals surface area contributed by atoms with Gasteiger partial charge in [-0.3, -0.25) is 9.59 Å². The minimum atomic E-state index is 0.0244. The topological polar surface area (TPSA) is 49.4 Å². The fourth-order valence-corrected chi connectivity index (χ4v) is 3.63. The smallest absolute Gasteiger partial charge is 0.253 e. The molecule has 1 saturated carbocycles. The maximum Gasteiger partial charge on any atom is 0.253 e. The molecule has 1 aliphatic heterocycles. The Balaban J connectivity index is 1.50. The lowest BCUT2D eigenvalue weighted by molar-refractivity contribution is -0.127. The van der Waals surface area contributed by atoms with Crippen molar-refractivity contribution in [3.8, 4) is 0 Å². The molecule has 23 heavy (non-hydrogen) atoms.